The van der Waals surface area contributed by atoms with Crippen molar-refractivity contribution in [1.82, 2.24) is 19.9 Å². The van der Waals surface area contributed by atoms with Crippen LogP contribution < -0.4 is 10.6 Å². The van der Waals surface area contributed by atoms with Gasteiger partial charge in [0.05, 0.1) is 6.20 Å². The number of hydrogen-bond donors (Lipinski definition) is 2. The van der Waals surface area contributed by atoms with Gasteiger partial charge in [0.25, 0.3) is 0 Å². The van der Waals surface area contributed by atoms with Crippen LogP contribution in [0.3, 0.4) is 0 Å². The number of carbonyl (C=O) groups is 1. The second-order valence-corrected chi connectivity index (χ2v) is 4.49. The third kappa shape index (κ3) is 3.43. The summed E-state index contributed by atoms with van der Waals surface area (Å²) in [7, 11) is 0. The van der Waals surface area contributed by atoms with E-state index in [2.05, 4.69) is 20.7 Å². The number of anilines is 1. The van der Waals surface area contributed by atoms with Crippen molar-refractivity contribution in [2.45, 2.75) is 32.7 Å². The lowest BCUT2D eigenvalue weighted by atomic mass is 10.2. The van der Waals surface area contributed by atoms with Gasteiger partial charge in [-0.15, -0.1) is 0 Å². The van der Waals surface area contributed by atoms with Crippen LogP contribution in [0.5, 0.6) is 0 Å². The van der Waals surface area contributed by atoms with E-state index in [1.165, 1.54) is 0 Å². The molecular formula is C13H19N5O. The highest BCUT2D eigenvalue weighted by molar-refractivity contribution is 5.77. The van der Waals surface area contributed by atoms with Crippen molar-refractivity contribution in [3.63, 3.8) is 0 Å². The van der Waals surface area contributed by atoms with Crippen molar-refractivity contribution >= 4 is 17.2 Å². The molecule has 102 valence electrons. The van der Waals surface area contributed by atoms with Crippen LogP contribution in [0.15, 0.2) is 24.7 Å². The normalized spacial score (nSPS) is 12.3. The Morgan fingerprint density at radius 1 is 1.47 bits per heavy atom. The Bertz CT molecular complexity index is 551. The molecule has 6 nitrogen and oxygen atoms in total. The first-order valence-corrected chi connectivity index (χ1v) is 6.52. The molecule has 1 atom stereocenters. The molecule has 0 bridgehead atoms. The zero-order valence-corrected chi connectivity index (χ0v) is 11.3. The fourth-order valence-electron chi connectivity index (χ4n) is 1.74. The summed E-state index contributed by atoms with van der Waals surface area (Å²) < 4.78 is 1.74. The van der Waals surface area contributed by atoms with Crippen molar-refractivity contribution in [3.8, 4) is 0 Å². The maximum atomic E-state index is 11.6. The number of nitrogens with one attached hydrogen (secondary N) is 2. The monoisotopic (exact) mass is 261 g/mol. The van der Waals surface area contributed by atoms with E-state index in [9.17, 15) is 4.79 Å². The first kappa shape index (κ1) is 13.3. The second kappa shape index (κ2) is 6.17. The van der Waals surface area contributed by atoms with Crippen LogP contribution in [0.25, 0.3) is 5.52 Å². The summed E-state index contributed by atoms with van der Waals surface area (Å²) >= 11 is 0. The Balaban J connectivity index is 1.86. The molecule has 1 unspecified atom stereocenters. The molecule has 0 fully saturated rings. The number of amides is 1. The van der Waals surface area contributed by atoms with Crippen LogP contribution in [0.1, 0.15) is 26.7 Å². The molecule has 2 aromatic rings. The fraction of sp³-hybridized carbons (Fsp3) is 0.462. The molecule has 0 aromatic carbocycles. The molecule has 0 spiro atoms. The molecule has 0 saturated heterocycles. The van der Waals surface area contributed by atoms with Gasteiger partial charge in [0, 0.05) is 31.4 Å². The molecule has 2 N–H and O–H groups in total. The van der Waals surface area contributed by atoms with Gasteiger partial charge < -0.3 is 10.6 Å². The Hall–Kier alpha value is -2.11. The molecule has 0 aliphatic rings. The number of fused-ring (bicyclic) bond motifs is 1. The van der Waals surface area contributed by atoms with E-state index in [1.54, 1.807) is 23.1 Å². The predicted octanol–water partition coefficient (Wildman–Crippen LogP) is 1.45. The number of carbonyl (C=O) groups excluding carboxylic acids is 1. The van der Waals surface area contributed by atoms with E-state index < -0.39 is 0 Å². The topological polar surface area (TPSA) is 71.3 Å². The number of aromatic nitrogens is 3. The predicted molar refractivity (Wildman–Crippen MR) is 74.0 cm³/mol. The van der Waals surface area contributed by atoms with E-state index in [1.807, 2.05) is 19.9 Å². The van der Waals surface area contributed by atoms with E-state index in [4.69, 9.17) is 0 Å². The van der Waals surface area contributed by atoms with E-state index in [0.29, 0.717) is 13.0 Å². The van der Waals surface area contributed by atoms with Gasteiger partial charge in [0.1, 0.15) is 5.52 Å². The van der Waals surface area contributed by atoms with Gasteiger partial charge in [0.15, 0.2) is 5.82 Å². The molecule has 2 heterocycles. The Kier molecular flexibility index (Phi) is 4.33. The van der Waals surface area contributed by atoms with E-state index >= 15 is 0 Å². The van der Waals surface area contributed by atoms with Crippen LogP contribution >= 0.6 is 0 Å². The van der Waals surface area contributed by atoms with Gasteiger partial charge in [-0.3, -0.25) is 4.79 Å². The molecular weight excluding hydrogens is 242 g/mol. The SMILES string of the molecule is CCC(C)NC(=O)CCNc1nccn2nccc12. The minimum absolute atomic E-state index is 0.0577. The first-order valence-electron chi connectivity index (χ1n) is 6.52. The van der Waals surface area contributed by atoms with Crippen molar-refractivity contribution in [2.75, 3.05) is 11.9 Å². The third-order valence-electron chi connectivity index (χ3n) is 2.99. The molecule has 0 aliphatic heterocycles. The zero-order valence-electron chi connectivity index (χ0n) is 11.3. The summed E-state index contributed by atoms with van der Waals surface area (Å²) in [6.45, 7) is 4.60. The van der Waals surface area contributed by atoms with Crippen LogP contribution in [0, 0.1) is 0 Å². The maximum Gasteiger partial charge on any atom is 0.221 e. The number of nitrogens with zero attached hydrogens (tertiary/aromatic N) is 3. The quantitative estimate of drug-likeness (QED) is 0.825. The van der Waals surface area contributed by atoms with Crippen molar-refractivity contribution in [1.29, 1.82) is 0 Å². The summed E-state index contributed by atoms with van der Waals surface area (Å²) in [5.41, 5.74) is 0.907. The van der Waals surface area contributed by atoms with Crippen molar-refractivity contribution < 1.29 is 4.79 Å². The Labute approximate surface area is 112 Å². The molecule has 0 radical (unpaired) electrons. The second-order valence-electron chi connectivity index (χ2n) is 4.49. The molecule has 2 aromatic heterocycles. The molecule has 6 heteroatoms. The summed E-state index contributed by atoms with van der Waals surface area (Å²) in [5.74, 6) is 0.804. The Morgan fingerprint density at radius 2 is 2.32 bits per heavy atom. The molecule has 19 heavy (non-hydrogen) atoms. The first-order chi connectivity index (χ1) is 9.20. The zero-order chi connectivity index (χ0) is 13.7. The van der Waals surface area contributed by atoms with Crippen molar-refractivity contribution in [3.05, 3.63) is 24.7 Å². The van der Waals surface area contributed by atoms with Gasteiger partial charge in [-0.1, -0.05) is 6.92 Å². The van der Waals surface area contributed by atoms with Crippen LogP contribution in [0.2, 0.25) is 0 Å². The number of rotatable bonds is 6. The van der Waals surface area contributed by atoms with Gasteiger partial charge in [-0.2, -0.15) is 5.10 Å². The highest BCUT2D eigenvalue weighted by Crippen LogP contribution is 2.11. The molecule has 0 aliphatic carbocycles. The summed E-state index contributed by atoms with van der Waals surface area (Å²) in [6, 6.07) is 2.11. The van der Waals surface area contributed by atoms with Crippen LogP contribution in [0.4, 0.5) is 5.82 Å². The minimum Gasteiger partial charge on any atom is -0.368 e. The summed E-state index contributed by atoms with van der Waals surface area (Å²) in [6.07, 6.45) is 6.56. The van der Waals surface area contributed by atoms with E-state index in [0.717, 1.165) is 17.8 Å². The number of hydrogen-bond acceptors (Lipinski definition) is 4. The van der Waals surface area contributed by atoms with Crippen molar-refractivity contribution in [2.24, 2.45) is 0 Å². The van der Waals surface area contributed by atoms with Crippen LogP contribution in [-0.4, -0.2) is 33.1 Å². The molecule has 2 rings (SSSR count). The lowest BCUT2D eigenvalue weighted by Gasteiger charge is -2.11. The summed E-state index contributed by atoms with van der Waals surface area (Å²) in [5, 5.41) is 10.2. The standard InChI is InChI=1S/C13H19N5O/c1-3-10(2)17-12(19)5-6-14-13-11-4-7-16-18(11)9-8-15-13/h4,7-10H,3,5-6H2,1-2H3,(H,14,15)(H,17,19). The average molecular weight is 261 g/mol. The van der Waals surface area contributed by atoms with Gasteiger partial charge in [0.2, 0.25) is 5.91 Å². The lowest BCUT2D eigenvalue weighted by Crippen LogP contribution is -2.33. The minimum atomic E-state index is 0.0577. The lowest BCUT2D eigenvalue weighted by molar-refractivity contribution is -0.121. The fourth-order valence-corrected chi connectivity index (χ4v) is 1.74. The largest absolute Gasteiger partial charge is 0.368 e. The average Bonchev–Trinajstić information content (AvgIpc) is 2.87. The summed E-state index contributed by atoms with van der Waals surface area (Å²) in [4.78, 5) is 15.9. The third-order valence-corrected chi connectivity index (χ3v) is 2.99. The van der Waals surface area contributed by atoms with Crippen LogP contribution in [-0.2, 0) is 4.79 Å². The highest BCUT2D eigenvalue weighted by atomic mass is 16.1. The van der Waals surface area contributed by atoms with E-state index in [-0.39, 0.29) is 11.9 Å². The Morgan fingerprint density at radius 3 is 3.11 bits per heavy atom. The molecule has 0 saturated carbocycles. The van der Waals surface area contributed by atoms with Gasteiger partial charge >= 0.3 is 0 Å². The highest BCUT2D eigenvalue weighted by Gasteiger charge is 2.06. The maximum absolute atomic E-state index is 11.6. The van der Waals surface area contributed by atoms with Gasteiger partial charge in [-0.05, 0) is 19.4 Å². The van der Waals surface area contributed by atoms with Gasteiger partial charge in [-0.25, -0.2) is 9.50 Å². The molecule has 1 amide bonds. The smallest absolute Gasteiger partial charge is 0.221 e.